The van der Waals surface area contributed by atoms with Crippen LogP contribution < -0.4 is 5.32 Å². The SMILES string of the molecule is CCS(=O)(=O)c1ccc(-c2cccc(NC(=O)Cc3cccs3)c2)nn1. The highest BCUT2D eigenvalue weighted by Gasteiger charge is 2.14. The van der Waals surface area contributed by atoms with E-state index in [-0.39, 0.29) is 16.7 Å². The van der Waals surface area contributed by atoms with Gasteiger partial charge < -0.3 is 5.32 Å². The van der Waals surface area contributed by atoms with Crippen molar-refractivity contribution in [3.63, 3.8) is 0 Å². The predicted octanol–water partition coefficient (Wildman–Crippen LogP) is 3.18. The van der Waals surface area contributed by atoms with Gasteiger partial charge in [-0.2, -0.15) is 0 Å². The van der Waals surface area contributed by atoms with Gasteiger partial charge in [-0.1, -0.05) is 25.1 Å². The molecule has 134 valence electrons. The monoisotopic (exact) mass is 387 g/mol. The summed E-state index contributed by atoms with van der Waals surface area (Å²) in [6, 6.07) is 14.1. The summed E-state index contributed by atoms with van der Waals surface area (Å²) in [7, 11) is -3.38. The number of hydrogen-bond acceptors (Lipinski definition) is 6. The van der Waals surface area contributed by atoms with E-state index >= 15 is 0 Å². The number of nitrogens with one attached hydrogen (secondary N) is 1. The zero-order valence-corrected chi connectivity index (χ0v) is 15.7. The molecule has 0 radical (unpaired) electrons. The zero-order valence-electron chi connectivity index (χ0n) is 14.0. The fourth-order valence-electron chi connectivity index (χ4n) is 2.32. The third-order valence-corrected chi connectivity index (χ3v) is 6.19. The van der Waals surface area contributed by atoms with Crippen LogP contribution in [-0.4, -0.2) is 30.3 Å². The Bertz CT molecular complexity index is 998. The molecule has 0 saturated heterocycles. The molecule has 3 aromatic rings. The van der Waals surface area contributed by atoms with E-state index in [1.165, 1.54) is 17.4 Å². The minimum absolute atomic E-state index is 0.0210. The summed E-state index contributed by atoms with van der Waals surface area (Å²) in [5.74, 6) is -0.118. The highest BCUT2D eigenvalue weighted by atomic mass is 32.2. The quantitative estimate of drug-likeness (QED) is 0.702. The number of benzene rings is 1. The second kappa shape index (κ2) is 7.76. The Kier molecular flexibility index (Phi) is 5.43. The van der Waals surface area contributed by atoms with E-state index in [0.29, 0.717) is 17.8 Å². The standard InChI is InChI=1S/C18H17N3O3S2/c1-2-26(23,24)18-9-8-16(20-21-18)13-5-3-6-14(11-13)19-17(22)12-15-7-4-10-25-15/h3-11H,2,12H2,1H3,(H,19,22). The molecule has 0 spiro atoms. The van der Waals surface area contributed by atoms with Gasteiger partial charge >= 0.3 is 0 Å². The van der Waals surface area contributed by atoms with E-state index in [4.69, 9.17) is 0 Å². The summed E-state index contributed by atoms with van der Waals surface area (Å²) in [6.07, 6.45) is 0.325. The van der Waals surface area contributed by atoms with Gasteiger partial charge in [-0.25, -0.2) is 8.42 Å². The lowest BCUT2D eigenvalue weighted by molar-refractivity contribution is -0.115. The van der Waals surface area contributed by atoms with Crippen LogP contribution in [0.25, 0.3) is 11.3 Å². The summed E-state index contributed by atoms with van der Waals surface area (Å²) >= 11 is 1.54. The molecule has 2 aromatic heterocycles. The van der Waals surface area contributed by atoms with Crippen LogP contribution in [0.4, 0.5) is 5.69 Å². The smallest absolute Gasteiger partial charge is 0.229 e. The first-order valence-electron chi connectivity index (χ1n) is 7.97. The molecule has 8 heteroatoms. The van der Waals surface area contributed by atoms with Crippen molar-refractivity contribution in [2.45, 2.75) is 18.4 Å². The third kappa shape index (κ3) is 4.33. The lowest BCUT2D eigenvalue weighted by Crippen LogP contribution is -2.13. The van der Waals surface area contributed by atoms with Crippen LogP contribution in [0, 0.1) is 0 Å². The summed E-state index contributed by atoms with van der Waals surface area (Å²) in [5.41, 5.74) is 1.93. The van der Waals surface area contributed by atoms with Crippen LogP contribution >= 0.6 is 11.3 Å². The van der Waals surface area contributed by atoms with Crippen molar-refractivity contribution in [2.24, 2.45) is 0 Å². The first-order chi connectivity index (χ1) is 12.5. The molecule has 26 heavy (non-hydrogen) atoms. The molecule has 1 aromatic carbocycles. The van der Waals surface area contributed by atoms with Crippen molar-refractivity contribution in [3.05, 3.63) is 58.8 Å². The number of carbonyl (C=O) groups is 1. The molecule has 0 unspecified atom stereocenters. The van der Waals surface area contributed by atoms with Crippen molar-refractivity contribution >= 4 is 32.8 Å². The summed E-state index contributed by atoms with van der Waals surface area (Å²) in [6.45, 7) is 1.56. The van der Waals surface area contributed by atoms with Crippen LogP contribution in [0.5, 0.6) is 0 Å². The number of amides is 1. The van der Waals surface area contributed by atoms with E-state index in [0.717, 1.165) is 10.4 Å². The molecular formula is C18H17N3O3S2. The third-order valence-electron chi connectivity index (χ3n) is 3.70. The number of thiophene rings is 1. The zero-order chi connectivity index (χ0) is 18.6. The Morgan fingerprint density at radius 1 is 1.12 bits per heavy atom. The van der Waals surface area contributed by atoms with Crippen molar-refractivity contribution in [1.29, 1.82) is 0 Å². The summed E-state index contributed by atoms with van der Waals surface area (Å²) in [4.78, 5) is 13.1. The molecule has 0 atom stereocenters. The van der Waals surface area contributed by atoms with Crippen LogP contribution in [-0.2, 0) is 21.1 Å². The molecule has 2 heterocycles. The van der Waals surface area contributed by atoms with Gasteiger partial charge in [0.2, 0.25) is 5.91 Å². The molecule has 1 amide bonds. The van der Waals surface area contributed by atoms with E-state index in [2.05, 4.69) is 15.5 Å². The van der Waals surface area contributed by atoms with Gasteiger partial charge in [0.15, 0.2) is 14.9 Å². The fraction of sp³-hybridized carbons (Fsp3) is 0.167. The van der Waals surface area contributed by atoms with Gasteiger partial charge in [0.1, 0.15) is 0 Å². The molecule has 0 fully saturated rings. The first-order valence-corrected chi connectivity index (χ1v) is 10.5. The maximum Gasteiger partial charge on any atom is 0.229 e. The summed E-state index contributed by atoms with van der Waals surface area (Å²) < 4.78 is 23.6. The van der Waals surface area contributed by atoms with Gasteiger partial charge in [0.05, 0.1) is 17.9 Å². The Labute approximate surface area is 155 Å². The Morgan fingerprint density at radius 2 is 1.96 bits per heavy atom. The number of rotatable bonds is 6. The number of carbonyl (C=O) groups excluding carboxylic acids is 1. The Hall–Kier alpha value is -2.58. The highest BCUT2D eigenvalue weighted by Crippen LogP contribution is 2.21. The van der Waals surface area contributed by atoms with E-state index in [1.54, 1.807) is 31.2 Å². The van der Waals surface area contributed by atoms with Gasteiger partial charge in [-0.15, -0.1) is 21.5 Å². The maximum absolute atomic E-state index is 12.1. The topological polar surface area (TPSA) is 89.0 Å². The Morgan fingerprint density at radius 3 is 2.62 bits per heavy atom. The number of sulfone groups is 1. The second-order valence-electron chi connectivity index (χ2n) is 5.55. The minimum atomic E-state index is -3.38. The second-order valence-corrected chi connectivity index (χ2v) is 8.80. The largest absolute Gasteiger partial charge is 0.326 e. The molecule has 3 rings (SSSR count). The average Bonchev–Trinajstić information content (AvgIpc) is 3.15. The maximum atomic E-state index is 12.1. The Balaban J connectivity index is 1.75. The molecule has 1 N–H and O–H groups in total. The van der Waals surface area contributed by atoms with Crippen LogP contribution in [0.1, 0.15) is 11.8 Å². The van der Waals surface area contributed by atoms with Gasteiger partial charge in [0, 0.05) is 16.1 Å². The fourth-order valence-corrected chi connectivity index (χ4v) is 3.76. The van der Waals surface area contributed by atoms with Crippen molar-refractivity contribution in [3.8, 4) is 11.3 Å². The molecule has 0 aliphatic heterocycles. The highest BCUT2D eigenvalue weighted by molar-refractivity contribution is 7.91. The van der Waals surface area contributed by atoms with Crippen molar-refractivity contribution in [2.75, 3.05) is 11.1 Å². The molecular weight excluding hydrogens is 370 g/mol. The lowest BCUT2D eigenvalue weighted by Gasteiger charge is -2.07. The van der Waals surface area contributed by atoms with E-state index in [1.807, 2.05) is 23.6 Å². The van der Waals surface area contributed by atoms with Crippen LogP contribution in [0.15, 0.2) is 58.9 Å². The average molecular weight is 387 g/mol. The predicted molar refractivity (Wildman–Crippen MR) is 102 cm³/mol. The first kappa shape index (κ1) is 18.2. The van der Waals surface area contributed by atoms with Gasteiger partial charge in [-0.05, 0) is 35.7 Å². The number of anilines is 1. The minimum Gasteiger partial charge on any atom is -0.326 e. The molecule has 0 aliphatic rings. The van der Waals surface area contributed by atoms with E-state index in [9.17, 15) is 13.2 Å². The normalized spacial score (nSPS) is 11.3. The summed E-state index contributed by atoms with van der Waals surface area (Å²) in [5, 5.41) is 12.6. The van der Waals surface area contributed by atoms with Crippen molar-refractivity contribution in [1.82, 2.24) is 10.2 Å². The number of nitrogens with zero attached hydrogens (tertiary/aromatic N) is 2. The number of aromatic nitrogens is 2. The van der Waals surface area contributed by atoms with Gasteiger partial charge in [0.25, 0.3) is 0 Å². The lowest BCUT2D eigenvalue weighted by atomic mass is 10.1. The van der Waals surface area contributed by atoms with Crippen LogP contribution in [0.2, 0.25) is 0 Å². The van der Waals surface area contributed by atoms with Crippen LogP contribution in [0.3, 0.4) is 0 Å². The van der Waals surface area contributed by atoms with Crippen molar-refractivity contribution < 1.29 is 13.2 Å². The molecule has 0 aliphatic carbocycles. The van der Waals surface area contributed by atoms with Gasteiger partial charge in [-0.3, -0.25) is 4.79 Å². The number of hydrogen-bond donors (Lipinski definition) is 1. The van der Waals surface area contributed by atoms with E-state index < -0.39 is 9.84 Å². The molecule has 0 saturated carbocycles. The molecule has 6 nitrogen and oxygen atoms in total. The molecule has 0 bridgehead atoms.